The van der Waals surface area contributed by atoms with Crippen molar-refractivity contribution in [3.63, 3.8) is 0 Å². The lowest BCUT2D eigenvalue weighted by Crippen LogP contribution is -2.67. The van der Waals surface area contributed by atoms with Gasteiger partial charge in [0.1, 0.15) is 0 Å². The molecule has 1 spiro atoms. The molecule has 4 rings (SSSR count). The van der Waals surface area contributed by atoms with Crippen molar-refractivity contribution in [1.29, 1.82) is 0 Å². The van der Waals surface area contributed by atoms with Crippen LogP contribution in [0.5, 0.6) is 0 Å². The van der Waals surface area contributed by atoms with Gasteiger partial charge in [0.05, 0.1) is 11.7 Å². The zero-order valence-electron chi connectivity index (χ0n) is 13.8. The summed E-state index contributed by atoms with van der Waals surface area (Å²) in [7, 11) is 0. The molecular formula is C18H22N4O2. The van der Waals surface area contributed by atoms with Gasteiger partial charge >= 0.3 is 0 Å². The van der Waals surface area contributed by atoms with Crippen molar-refractivity contribution in [3.8, 4) is 5.82 Å². The molecule has 0 bridgehead atoms. The number of nitrogens with zero attached hydrogens (tertiary/aromatic N) is 3. The fourth-order valence-electron chi connectivity index (χ4n) is 4.03. The Morgan fingerprint density at radius 3 is 2.96 bits per heavy atom. The smallest absolute Gasteiger partial charge is 0.255 e. The van der Waals surface area contributed by atoms with Gasteiger partial charge in [0, 0.05) is 36.7 Å². The van der Waals surface area contributed by atoms with Crippen LogP contribution in [0.1, 0.15) is 43.0 Å². The fraction of sp³-hybridized carbons (Fsp3) is 0.500. The topological polar surface area (TPSA) is 69.0 Å². The molecule has 2 aliphatic carbocycles. The maximum absolute atomic E-state index is 12.8. The maximum Gasteiger partial charge on any atom is 0.255 e. The van der Waals surface area contributed by atoms with E-state index in [0.717, 1.165) is 25.9 Å². The first-order valence-electron chi connectivity index (χ1n) is 8.62. The number of nitrogens with one attached hydrogen (secondary N) is 1. The largest absolute Gasteiger partial charge is 0.378 e. The molecule has 126 valence electrons. The van der Waals surface area contributed by atoms with E-state index in [1.807, 2.05) is 13.0 Å². The number of carbonyl (C=O) groups excluding carboxylic acids is 1. The van der Waals surface area contributed by atoms with Crippen molar-refractivity contribution >= 4 is 5.91 Å². The molecular weight excluding hydrogens is 304 g/mol. The van der Waals surface area contributed by atoms with Gasteiger partial charge in [-0.15, -0.1) is 0 Å². The Balaban J connectivity index is 1.52. The number of pyridine rings is 1. The Morgan fingerprint density at radius 2 is 2.29 bits per heavy atom. The van der Waals surface area contributed by atoms with E-state index in [4.69, 9.17) is 4.74 Å². The average molecular weight is 326 g/mol. The normalized spacial score (nSPS) is 24.2. The summed E-state index contributed by atoms with van der Waals surface area (Å²) in [6.07, 6.45) is 9.84. The van der Waals surface area contributed by atoms with Crippen molar-refractivity contribution in [2.24, 2.45) is 5.41 Å². The minimum absolute atomic E-state index is 0.0835. The van der Waals surface area contributed by atoms with E-state index in [-0.39, 0.29) is 17.4 Å². The van der Waals surface area contributed by atoms with Crippen LogP contribution in [0, 0.1) is 5.41 Å². The second kappa shape index (κ2) is 6.02. The second-order valence-corrected chi connectivity index (χ2v) is 6.62. The summed E-state index contributed by atoms with van der Waals surface area (Å²) >= 11 is 0. The van der Waals surface area contributed by atoms with Gasteiger partial charge in [-0.05, 0) is 44.4 Å². The van der Waals surface area contributed by atoms with Crippen LogP contribution < -0.4 is 5.32 Å². The number of hydrogen-bond acceptors (Lipinski definition) is 4. The third-order valence-corrected chi connectivity index (χ3v) is 5.50. The molecule has 2 saturated carbocycles. The average Bonchev–Trinajstić information content (AvgIpc) is 3.06. The van der Waals surface area contributed by atoms with Crippen molar-refractivity contribution in [2.75, 3.05) is 6.61 Å². The Morgan fingerprint density at radius 1 is 1.42 bits per heavy atom. The Hall–Kier alpha value is -2.21. The Kier molecular flexibility index (Phi) is 3.84. The molecule has 2 aromatic heterocycles. The number of ether oxygens (including phenoxy) is 1. The third kappa shape index (κ3) is 2.33. The van der Waals surface area contributed by atoms with E-state index in [0.29, 0.717) is 17.5 Å². The van der Waals surface area contributed by atoms with Crippen molar-refractivity contribution < 1.29 is 9.53 Å². The summed E-state index contributed by atoms with van der Waals surface area (Å²) in [6.45, 7) is 2.77. The molecule has 24 heavy (non-hydrogen) atoms. The van der Waals surface area contributed by atoms with Crippen LogP contribution in [-0.4, -0.2) is 39.4 Å². The van der Waals surface area contributed by atoms with Gasteiger partial charge in [0.15, 0.2) is 5.82 Å². The lowest BCUT2D eigenvalue weighted by atomic mass is 9.51. The highest BCUT2D eigenvalue weighted by Gasteiger charge is 2.59. The van der Waals surface area contributed by atoms with E-state index in [9.17, 15) is 4.79 Å². The van der Waals surface area contributed by atoms with Gasteiger partial charge in [-0.25, -0.2) is 9.67 Å². The van der Waals surface area contributed by atoms with Gasteiger partial charge < -0.3 is 10.1 Å². The van der Waals surface area contributed by atoms with E-state index in [1.165, 1.54) is 6.42 Å². The molecule has 2 atom stereocenters. The molecule has 0 aromatic carbocycles. The Bertz CT molecular complexity index is 724. The van der Waals surface area contributed by atoms with E-state index in [1.54, 1.807) is 35.4 Å². The summed E-state index contributed by atoms with van der Waals surface area (Å²) < 4.78 is 7.48. The number of hydrogen-bond donors (Lipinski definition) is 1. The molecule has 6 nitrogen and oxygen atoms in total. The highest BCUT2D eigenvalue weighted by molar-refractivity contribution is 5.97. The first-order valence-corrected chi connectivity index (χ1v) is 8.62. The lowest BCUT2D eigenvalue weighted by Gasteiger charge is -2.61. The summed E-state index contributed by atoms with van der Waals surface area (Å²) in [6, 6.07) is 5.59. The zero-order valence-corrected chi connectivity index (χ0v) is 13.8. The summed E-state index contributed by atoms with van der Waals surface area (Å²) in [5.41, 5.74) is 0.704. The van der Waals surface area contributed by atoms with Gasteiger partial charge in [0.25, 0.3) is 5.91 Å². The molecule has 2 fully saturated rings. The number of carbonyl (C=O) groups is 1. The first-order chi connectivity index (χ1) is 11.7. The van der Waals surface area contributed by atoms with E-state index < -0.39 is 0 Å². The fourth-order valence-corrected chi connectivity index (χ4v) is 4.03. The second-order valence-electron chi connectivity index (χ2n) is 6.62. The lowest BCUT2D eigenvalue weighted by molar-refractivity contribution is -0.169. The standard InChI is InChI=1S/C18H22N4O2/c1-2-24-15-12-14(18(15)7-4-8-18)21-17(23)13-6-3-9-19-16(13)22-11-5-10-20-22/h3,5-6,9-11,14-15H,2,4,7-8,12H2,1H3,(H,21,23)/t14-,15-/m1/s1. The molecule has 2 aromatic rings. The molecule has 2 aliphatic rings. The number of rotatable bonds is 5. The van der Waals surface area contributed by atoms with Crippen molar-refractivity contribution in [1.82, 2.24) is 20.1 Å². The van der Waals surface area contributed by atoms with Crippen LogP contribution >= 0.6 is 0 Å². The highest BCUT2D eigenvalue weighted by Crippen LogP contribution is 2.57. The van der Waals surface area contributed by atoms with Gasteiger partial charge in [0.2, 0.25) is 0 Å². The Labute approximate surface area is 141 Å². The molecule has 2 heterocycles. The predicted octanol–water partition coefficient (Wildman–Crippen LogP) is 2.34. The molecule has 6 heteroatoms. The highest BCUT2D eigenvalue weighted by atomic mass is 16.5. The molecule has 1 amide bonds. The first kappa shape index (κ1) is 15.3. The minimum Gasteiger partial charge on any atom is -0.378 e. The minimum atomic E-state index is -0.0835. The molecule has 1 N–H and O–H groups in total. The van der Waals surface area contributed by atoms with Crippen molar-refractivity contribution in [2.45, 2.75) is 44.8 Å². The SMILES string of the molecule is CCO[C@@H]1C[C@@H](NC(=O)c2cccnc2-n2cccn2)C12CCC2. The summed E-state index contributed by atoms with van der Waals surface area (Å²) in [5, 5.41) is 7.41. The van der Waals surface area contributed by atoms with E-state index in [2.05, 4.69) is 15.4 Å². The number of aromatic nitrogens is 3. The van der Waals surface area contributed by atoms with E-state index >= 15 is 0 Å². The van der Waals surface area contributed by atoms with Gasteiger partial charge in [-0.2, -0.15) is 5.10 Å². The quantitative estimate of drug-likeness (QED) is 0.916. The number of amides is 1. The van der Waals surface area contributed by atoms with Gasteiger partial charge in [-0.3, -0.25) is 4.79 Å². The maximum atomic E-state index is 12.8. The van der Waals surface area contributed by atoms with Crippen LogP contribution in [-0.2, 0) is 4.74 Å². The molecule has 0 radical (unpaired) electrons. The molecule has 0 saturated heterocycles. The molecule has 0 aliphatic heterocycles. The van der Waals surface area contributed by atoms with Crippen LogP contribution in [0.15, 0.2) is 36.8 Å². The van der Waals surface area contributed by atoms with Crippen LogP contribution in [0.25, 0.3) is 5.82 Å². The molecule has 0 unspecified atom stereocenters. The summed E-state index contributed by atoms with van der Waals surface area (Å²) in [4.78, 5) is 17.1. The van der Waals surface area contributed by atoms with Gasteiger partial charge in [-0.1, -0.05) is 6.42 Å². The van der Waals surface area contributed by atoms with Crippen LogP contribution in [0.4, 0.5) is 0 Å². The third-order valence-electron chi connectivity index (χ3n) is 5.50. The monoisotopic (exact) mass is 326 g/mol. The van der Waals surface area contributed by atoms with Crippen LogP contribution in [0.2, 0.25) is 0 Å². The van der Waals surface area contributed by atoms with Crippen LogP contribution in [0.3, 0.4) is 0 Å². The van der Waals surface area contributed by atoms with Crippen molar-refractivity contribution in [3.05, 3.63) is 42.4 Å². The predicted molar refractivity (Wildman–Crippen MR) is 88.9 cm³/mol. The summed E-state index contributed by atoms with van der Waals surface area (Å²) in [5.74, 6) is 0.475. The zero-order chi connectivity index (χ0) is 16.6.